The molecule has 0 atom stereocenters. The number of carbonyl (C=O) groups excluding carboxylic acids is 1. The fraction of sp³-hybridized carbons (Fsp3) is 0.143. The van der Waals surface area contributed by atoms with Gasteiger partial charge in [0.15, 0.2) is 5.78 Å². The molecule has 3 aromatic rings. The largest absolute Gasteiger partial charge is 0.383 e. The van der Waals surface area contributed by atoms with E-state index >= 15 is 0 Å². The van der Waals surface area contributed by atoms with Crippen molar-refractivity contribution in [1.82, 2.24) is 10.2 Å². The third-order valence-corrected chi connectivity index (χ3v) is 3.78. The van der Waals surface area contributed by atoms with Crippen LogP contribution in [0.25, 0.3) is 11.3 Å². The van der Waals surface area contributed by atoms with Gasteiger partial charge in [0.2, 0.25) is 0 Å². The van der Waals surface area contributed by atoms with Gasteiger partial charge in [-0.3, -0.25) is 9.89 Å². The van der Waals surface area contributed by atoms with Gasteiger partial charge in [-0.25, -0.2) is 4.39 Å². The van der Waals surface area contributed by atoms with Crippen molar-refractivity contribution in [1.29, 1.82) is 0 Å². The number of nitrogens with zero attached hydrogens (tertiary/aromatic N) is 1. The van der Waals surface area contributed by atoms with Crippen molar-refractivity contribution in [3.63, 3.8) is 0 Å². The molecule has 0 spiro atoms. The molecule has 0 saturated heterocycles. The average molecular weight is 363 g/mol. The molecule has 0 aliphatic rings. The Labute approximate surface area is 156 Å². The van der Waals surface area contributed by atoms with Crippen LogP contribution in [0.5, 0.6) is 0 Å². The molecule has 0 amide bonds. The lowest BCUT2D eigenvalue weighted by molar-refractivity contribution is 0.104. The molecule has 1 heterocycles. The molecule has 136 valence electrons. The summed E-state index contributed by atoms with van der Waals surface area (Å²) >= 11 is 0. The van der Waals surface area contributed by atoms with Gasteiger partial charge in [0, 0.05) is 16.7 Å². The van der Waals surface area contributed by atoms with Crippen LogP contribution in [-0.4, -0.2) is 26.7 Å². The third-order valence-electron chi connectivity index (χ3n) is 3.78. The van der Waals surface area contributed by atoms with Gasteiger partial charge in [-0.1, -0.05) is 24.0 Å². The maximum atomic E-state index is 13.2. The van der Waals surface area contributed by atoms with E-state index in [1.54, 1.807) is 38.1 Å². The highest BCUT2D eigenvalue weighted by molar-refractivity contribution is 6.15. The molecule has 6 heteroatoms. The molecule has 5 nitrogen and oxygen atoms in total. The molecule has 0 fully saturated rings. The number of H-pyrrole nitrogens is 1. The van der Waals surface area contributed by atoms with Crippen LogP contribution in [0.1, 0.15) is 35.3 Å². The summed E-state index contributed by atoms with van der Waals surface area (Å²) in [5.74, 6) is 4.98. The van der Waals surface area contributed by atoms with Crippen LogP contribution < -0.4 is 5.73 Å². The SMILES string of the molecule is CC(C)(O)C#Cc1cccc(C(=O)c2c(-c3ccc(F)cc3)n[nH]c2N)c1. The second-order valence-corrected chi connectivity index (χ2v) is 6.59. The Morgan fingerprint density at radius 3 is 2.59 bits per heavy atom. The first-order valence-electron chi connectivity index (χ1n) is 8.25. The first-order valence-corrected chi connectivity index (χ1v) is 8.25. The zero-order valence-electron chi connectivity index (χ0n) is 14.9. The normalized spacial score (nSPS) is 11.0. The molecule has 0 aliphatic carbocycles. The maximum absolute atomic E-state index is 13.2. The second kappa shape index (κ2) is 7.06. The molecule has 0 unspecified atom stereocenters. The van der Waals surface area contributed by atoms with Gasteiger partial charge in [-0.2, -0.15) is 5.10 Å². The highest BCUT2D eigenvalue weighted by Gasteiger charge is 2.21. The number of hydrogen-bond acceptors (Lipinski definition) is 4. The Balaban J connectivity index is 2.01. The van der Waals surface area contributed by atoms with Gasteiger partial charge in [-0.05, 0) is 50.2 Å². The van der Waals surface area contributed by atoms with Crippen molar-refractivity contribution in [2.45, 2.75) is 19.4 Å². The minimum Gasteiger partial charge on any atom is -0.383 e. The van der Waals surface area contributed by atoms with Crippen LogP contribution in [0, 0.1) is 17.7 Å². The fourth-order valence-corrected chi connectivity index (χ4v) is 2.51. The van der Waals surface area contributed by atoms with Crippen molar-refractivity contribution >= 4 is 11.6 Å². The highest BCUT2D eigenvalue weighted by atomic mass is 19.1. The standard InChI is InChI=1S/C21H18FN3O2/c1-21(2,27)11-10-13-4-3-5-15(12-13)19(26)17-18(24-25-20(17)23)14-6-8-16(22)9-7-14/h3-9,12,27H,1-2H3,(H3,23,24,25). The predicted molar refractivity (Wildman–Crippen MR) is 101 cm³/mol. The number of anilines is 1. The van der Waals surface area contributed by atoms with Crippen molar-refractivity contribution in [3.05, 3.63) is 71.0 Å². The molecule has 2 aromatic carbocycles. The van der Waals surface area contributed by atoms with Crippen molar-refractivity contribution in [2.24, 2.45) is 0 Å². The Hall–Kier alpha value is -3.43. The Morgan fingerprint density at radius 1 is 1.22 bits per heavy atom. The summed E-state index contributed by atoms with van der Waals surface area (Å²) in [5.41, 5.74) is 6.91. The smallest absolute Gasteiger partial charge is 0.199 e. The number of nitrogens with one attached hydrogen (secondary N) is 1. The zero-order chi connectivity index (χ0) is 19.6. The molecule has 3 rings (SSSR count). The maximum Gasteiger partial charge on any atom is 0.199 e. The van der Waals surface area contributed by atoms with E-state index < -0.39 is 5.60 Å². The summed E-state index contributed by atoms with van der Waals surface area (Å²) < 4.78 is 13.2. The number of aromatic nitrogens is 2. The number of halogens is 1. The number of benzene rings is 2. The number of carbonyl (C=O) groups is 1. The van der Waals surface area contributed by atoms with E-state index in [-0.39, 0.29) is 23.0 Å². The summed E-state index contributed by atoms with van der Waals surface area (Å²) in [6.45, 7) is 3.16. The van der Waals surface area contributed by atoms with Crippen LogP contribution in [0.15, 0.2) is 48.5 Å². The van der Waals surface area contributed by atoms with E-state index in [0.717, 1.165) is 0 Å². The quantitative estimate of drug-likeness (QED) is 0.492. The number of ketones is 1. The molecule has 27 heavy (non-hydrogen) atoms. The van der Waals surface area contributed by atoms with Crippen LogP contribution in [0.4, 0.5) is 10.2 Å². The molecular weight excluding hydrogens is 345 g/mol. The minimum atomic E-state index is -1.13. The van der Waals surface area contributed by atoms with Crippen LogP contribution >= 0.6 is 0 Å². The predicted octanol–water partition coefficient (Wildman–Crippen LogP) is 3.15. The molecule has 0 saturated carbocycles. The van der Waals surface area contributed by atoms with Gasteiger partial charge < -0.3 is 10.8 Å². The third kappa shape index (κ3) is 4.22. The van der Waals surface area contributed by atoms with E-state index in [4.69, 9.17) is 5.73 Å². The van der Waals surface area contributed by atoms with Crippen LogP contribution in [-0.2, 0) is 0 Å². The Morgan fingerprint density at radius 2 is 1.93 bits per heavy atom. The van der Waals surface area contributed by atoms with E-state index in [2.05, 4.69) is 22.0 Å². The van der Waals surface area contributed by atoms with E-state index in [0.29, 0.717) is 22.4 Å². The number of aromatic amines is 1. The zero-order valence-corrected chi connectivity index (χ0v) is 14.9. The number of aliphatic hydroxyl groups is 1. The summed E-state index contributed by atoms with van der Waals surface area (Å²) in [5, 5.41) is 16.4. The monoisotopic (exact) mass is 363 g/mol. The van der Waals surface area contributed by atoms with Gasteiger partial charge in [0.25, 0.3) is 0 Å². The molecular formula is C21H18FN3O2. The number of nitrogen functional groups attached to an aromatic ring is 1. The summed E-state index contributed by atoms with van der Waals surface area (Å²) in [7, 11) is 0. The van der Waals surface area contributed by atoms with Crippen LogP contribution in [0.3, 0.4) is 0 Å². The van der Waals surface area contributed by atoms with Crippen molar-refractivity contribution < 1.29 is 14.3 Å². The van der Waals surface area contributed by atoms with Gasteiger partial charge >= 0.3 is 0 Å². The highest BCUT2D eigenvalue weighted by Crippen LogP contribution is 2.28. The molecule has 0 aliphatic heterocycles. The van der Waals surface area contributed by atoms with Crippen LogP contribution in [0.2, 0.25) is 0 Å². The second-order valence-electron chi connectivity index (χ2n) is 6.59. The van der Waals surface area contributed by atoms with Crippen molar-refractivity contribution in [2.75, 3.05) is 5.73 Å². The Bertz CT molecular complexity index is 1050. The molecule has 1 aromatic heterocycles. The lowest BCUT2D eigenvalue weighted by atomic mass is 9.98. The topological polar surface area (TPSA) is 92.0 Å². The fourth-order valence-electron chi connectivity index (χ4n) is 2.51. The summed E-state index contributed by atoms with van der Waals surface area (Å²) in [6, 6.07) is 12.4. The van der Waals surface area contributed by atoms with Gasteiger partial charge in [0.1, 0.15) is 22.9 Å². The van der Waals surface area contributed by atoms with E-state index in [1.807, 2.05) is 0 Å². The number of rotatable bonds is 3. The number of nitrogens with two attached hydrogens (primary N) is 1. The first-order chi connectivity index (χ1) is 12.7. The molecule has 4 N–H and O–H groups in total. The molecule has 0 bridgehead atoms. The summed E-state index contributed by atoms with van der Waals surface area (Å²) in [6.07, 6.45) is 0. The van der Waals surface area contributed by atoms with Gasteiger partial charge in [0.05, 0.1) is 5.56 Å². The van der Waals surface area contributed by atoms with E-state index in [9.17, 15) is 14.3 Å². The number of hydrogen-bond donors (Lipinski definition) is 3. The average Bonchev–Trinajstić information content (AvgIpc) is 3.01. The van der Waals surface area contributed by atoms with E-state index in [1.165, 1.54) is 24.3 Å². The lowest BCUT2D eigenvalue weighted by Gasteiger charge is -2.07. The minimum absolute atomic E-state index is 0.132. The lowest BCUT2D eigenvalue weighted by Crippen LogP contribution is -2.14. The van der Waals surface area contributed by atoms with Crippen molar-refractivity contribution in [3.8, 4) is 23.1 Å². The summed E-state index contributed by atoms with van der Waals surface area (Å²) in [4.78, 5) is 13.0. The molecule has 0 radical (unpaired) electrons. The Kier molecular flexibility index (Phi) is 4.80. The van der Waals surface area contributed by atoms with Gasteiger partial charge in [-0.15, -0.1) is 0 Å². The first kappa shape index (κ1) is 18.4.